The van der Waals surface area contributed by atoms with Crippen LogP contribution in [0.2, 0.25) is 0 Å². The lowest BCUT2D eigenvalue weighted by atomic mass is 10.0. The first-order chi connectivity index (χ1) is 12.4. The molecular formula is C23H36O2. The topological polar surface area (TPSA) is 21.8 Å². The molecule has 0 amide bonds. The van der Waals surface area contributed by atoms with Gasteiger partial charge in [-0.25, -0.2) is 0 Å². The highest BCUT2D eigenvalue weighted by molar-refractivity contribution is 5.33. The fourth-order valence-corrected chi connectivity index (χ4v) is 3.12. The molecule has 1 fully saturated rings. The summed E-state index contributed by atoms with van der Waals surface area (Å²) in [6, 6.07) is 8.47. The van der Waals surface area contributed by atoms with Crippen LogP contribution < -0.4 is 4.74 Å². The molecular weight excluding hydrogens is 308 g/mol. The summed E-state index contributed by atoms with van der Waals surface area (Å²) in [6.07, 6.45) is 19.4. The van der Waals surface area contributed by atoms with Gasteiger partial charge in [-0.2, -0.15) is 0 Å². The molecule has 0 aromatic heterocycles. The van der Waals surface area contributed by atoms with Gasteiger partial charge in [-0.3, -0.25) is 0 Å². The summed E-state index contributed by atoms with van der Waals surface area (Å²) >= 11 is 0. The Morgan fingerprint density at radius 3 is 2.36 bits per heavy atom. The lowest BCUT2D eigenvalue weighted by Crippen LogP contribution is -2.05. The van der Waals surface area contributed by atoms with Crippen LogP contribution in [0.1, 0.15) is 76.7 Å². The van der Waals surface area contributed by atoms with Crippen LogP contribution in [0.3, 0.4) is 0 Å². The molecule has 1 saturated heterocycles. The van der Waals surface area contributed by atoms with E-state index in [0.717, 1.165) is 18.8 Å². The molecule has 0 radical (unpaired) electrons. The molecule has 2 rings (SSSR count). The zero-order valence-corrected chi connectivity index (χ0v) is 16.1. The van der Waals surface area contributed by atoms with Crippen molar-refractivity contribution >= 4 is 0 Å². The Morgan fingerprint density at radius 2 is 1.64 bits per heavy atom. The number of para-hydroxylation sites is 1. The second-order valence-electron chi connectivity index (χ2n) is 7.12. The third-order valence-electron chi connectivity index (χ3n) is 4.77. The molecule has 1 aliphatic heterocycles. The van der Waals surface area contributed by atoms with Gasteiger partial charge in [-0.1, -0.05) is 75.8 Å². The number of aryl methyl sites for hydroxylation is 1. The molecule has 25 heavy (non-hydrogen) atoms. The number of hydrogen-bond acceptors (Lipinski definition) is 2. The molecule has 1 heterocycles. The van der Waals surface area contributed by atoms with Gasteiger partial charge in [0.25, 0.3) is 0 Å². The van der Waals surface area contributed by atoms with E-state index in [-0.39, 0.29) is 0 Å². The number of epoxide rings is 1. The zero-order valence-electron chi connectivity index (χ0n) is 16.1. The predicted octanol–water partition coefficient (Wildman–Crippen LogP) is 6.48. The highest BCUT2D eigenvalue weighted by atomic mass is 16.6. The van der Waals surface area contributed by atoms with Crippen molar-refractivity contribution in [2.75, 3.05) is 13.2 Å². The van der Waals surface area contributed by atoms with Crippen LogP contribution in [0.4, 0.5) is 0 Å². The minimum Gasteiger partial charge on any atom is -0.491 e. The minimum absolute atomic E-state index is 0.329. The molecule has 2 nitrogen and oxygen atoms in total. The predicted molar refractivity (Wildman–Crippen MR) is 106 cm³/mol. The molecule has 2 heteroatoms. The number of benzene rings is 1. The Kier molecular flexibility index (Phi) is 10.4. The molecule has 0 saturated carbocycles. The lowest BCUT2D eigenvalue weighted by molar-refractivity contribution is 0.261. The smallest absolute Gasteiger partial charge is 0.122 e. The molecule has 1 aromatic rings. The van der Waals surface area contributed by atoms with E-state index < -0.39 is 0 Å². The van der Waals surface area contributed by atoms with Gasteiger partial charge in [-0.15, -0.1) is 0 Å². The van der Waals surface area contributed by atoms with Gasteiger partial charge < -0.3 is 9.47 Å². The Bertz CT molecular complexity index is 477. The maximum absolute atomic E-state index is 5.89. The van der Waals surface area contributed by atoms with Crippen LogP contribution in [0.15, 0.2) is 36.4 Å². The van der Waals surface area contributed by atoms with Crippen molar-refractivity contribution in [1.29, 1.82) is 0 Å². The molecule has 1 atom stereocenters. The highest BCUT2D eigenvalue weighted by Crippen LogP contribution is 2.22. The zero-order chi connectivity index (χ0) is 17.6. The summed E-state index contributed by atoms with van der Waals surface area (Å²) in [7, 11) is 0. The monoisotopic (exact) mass is 344 g/mol. The van der Waals surface area contributed by atoms with E-state index in [4.69, 9.17) is 9.47 Å². The van der Waals surface area contributed by atoms with Crippen molar-refractivity contribution in [1.82, 2.24) is 0 Å². The van der Waals surface area contributed by atoms with Gasteiger partial charge in [0, 0.05) is 0 Å². The van der Waals surface area contributed by atoms with Crippen molar-refractivity contribution in [3.63, 3.8) is 0 Å². The van der Waals surface area contributed by atoms with Crippen LogP contribution in [-0.2, 0) is 11.2 Å². The first-order valence-corrected chi connectivity index (χ1v) is 10.4. The van der Waals surface area contributed by atoms with Gasteiger partial charge in [0.05, 0.1) is 6.61 Å². The van der Waals surface area contributed by atoms with E-state index >= 15 is 0 Å². The number of rotatable bonds is 15. The summed E-state index contributed by atoms with van der Waals surface area (Å²) in [5.74, 6) is 1.05. The standard InChI is InChI=1S/C23H36O2/c1-2-3-4-5-6-7-8-9-10-11-12-13-16-21-17-14-15-18-23(21)25-20-22-19-24-22/h3-4,14-15,17-18,22H,2,5-13,16,19-20H2,1H3/b4-3+. The first-order valence-electron chi connectivity index (χ1n) is 10.4. The van der Waals surface area contributed by atoms with E-state index in [1.807, 2.05) is 0 Å². The van der Waals surface area contributed by atoms with Crippen LogP contribution >= 0.6 is 0 Å². The SMILES string of the molecule is CC/C=C/CCCCCCCCCCc1ccccc1OCC1CO1. The molecule has 1 unspecified atom stereocenters. The van der Waals surface area contributed by atoms with E-state index in [1.54, 1.807) is 0 Å². The van der Waals surface area contributed by atoms with Crippen molar-refractivity contribution in [3.8, 4) is 5.75 Å². The molecule has 1 aromatic carbocycles. The van der Waals surface area contributed by atoms with Crippen LogP contribution in [0.25, 0.3) is 0 Å². The Hall–Kier alpha value is -1.28. The molecule has 0 spiro atoms. The Labute approximate surface area is 154 Å². The van der Waals surface area contributed by atoms with Crippen LogP contribution in [-0.4, -0.2) is 19.3 Å². The summed E-state index contributed by atoms with van der Waals surface area (Å²) in [5.41, 5.74) is 1.35. The van der Waals surface area contributed by atoms with Crippen molar-refractivity contribution in [2.45, 2.75) is 83.7 Å². The van der Waals surface area contributed by atoms with Crippen LogP contribution in [0, 0.1) is 0 Å². The fourth-order valence-electron chi connectivity index (χ4n) is 3.12. The van der Waals surface area contributed by atoms with Gasteiger partial charge in [0.1, 0.15) is 18.5 Å². The van der Waals surface area contributed by atoms with E-state index in [0.29, 0.717) is 12.7 Å². The van der Waals surface area contributed by atoms with Crippen molar-refractivity contribution in [2.24, 2.45) is 0 Å². The van der Waals surface area contributed by atoms with Crippen molar-refractivity contribution in [3.05, 3.63) is 42.0 Å². The van der Waals surface area contributed by atoms with Crippen molar-refractivity contribution < 1.29 is 9.47 Å². The lowest BCUT2D eigenvalue weighted by Gasteiger charge is -2.10. The van der Waals surface area contributed by atoms with Crippen LogP contribution in [0.5, 0.6) is 5.75 Å². The number of allylic oxidation sites excluding steroid dienone is 2. The first kappa shape index (κ1) is 20.0. The van der Waals surface area contributed by atoms with E-state index in [9.17, 15) is 0 Å². The molecule has 140 valence electrons. The molecule has 1 aliphatic rings. The second-order valence-corrected chi connectivity index (χ2v) is 7.12. The van der Waals surface area contributed by atoms with Gasteiger partial charge in [-0.05, 0) is 43.7 Å². The number of hydrogen-bond donors (Lipinski definition) is 0. The van der Waals surface area contributed by atoms with Gasteiger partial charge in [0.2, 0.25) is 0 Å². The molecule has 0 aliphatic carbocycles. The van der Waals surface area contributed by atoms with E-state index in [2.05, 4.69) is 43.3 Å². The molecule has 0 bridgehead atoms. The fraction of sp³-hybridized carbons (Fsp3) is 0.652. The Balaban J connectivity index is 1.45. The summed E-state index contributed by atoms with van der Waals surface area (Å²) in [6.45, 7) is 3.76. The van der Waals surface area contributed by atoms with Gasteiger partial charge >= 0.3 is 0 Å². The maximum Gasteiger partial charge on any atom is 0.122 e. The normalized spacial score (nSPS) is 16.4. The third-order valence-corrected chi connectivity index (χ3v) is 4.77. The largest absolute Gasteiger partial charge is 0.491 e. The summed E-state index contributed by atoms with van der Waals surface area (Å²) < 4.78 is 11.1. The second kappa shape index (κ2) is 13.0. The number of unbranched alkanes of at least 4 members (excludes halogenated alkanes) is 8. The summed E-state index contributed by atoms with van der Waals surface area (Å²) in [4.78, 5) is 0. The average Bonchev–Trinajstić information content (AvgIpc) is 3.46. The maximum atomic E-state index is 5.89. The Morgan fingerprint density at radius 1 is 0.960 bits per heavy atom. The third kappa shape index (κ3) is 9.69. The average molecular weight is 345 g/mol. The number of ether oxygens (including phenoxy) is 2. The van der Waals surface area contributed by atoms with Gasteiger partial charge in [0.15, 0.2) is 0 Å². The summed E-state index contributed by atoms with van der Waals surface area (Å²) in [5, 5.41) is 0. The highest BCUT2D eigenvalue weighted by Gasteiger charge is 2.23. The van der Waals surface area contributed by atoms with E-state index in [1.165, 1.54) is 69.8 Å². The minimum atomic E-state index is 0.329. The quantitative estimate of drug-likeness (QED) is 0.206. The molecule has 0 N–H and O–H groups in total.